The van der Waals surface area contributed by atoms with Crippen LogP contribution in [-0.2, 0) is 5.54 Å². The molecular formula is C12H14N2S. The predicted octanol–water partition coefficient (Wildman–Crippen LogP) is 2.51. The van der Waals surface area contributed by atoms with E-state index in [9.17, 15) is 5.26 Å². The Morgan fingerprint density at radius 3 is 3.07 bits per heavy atom. The van der Waals surface area contributed by atoms with Gasteiger partial charge in [0.25, 0.3) is 0 Å². The van der Waals surface area contributed by atoms with E-state index in [1.165, 1.54) is 4.90 Å². The highest BCUT2D eigenvalue weighted by Gasteiger charge is 2.35. The van der Waals surface area contributed by atoms with E-state index in [2.05, 4.69) is 23.5 Å². The molecule has 1 heterocycles. The third-order valence-corrected chi connectivity index (χ3v) is 3.83. The first kappa shape index (κ1) is 10.5. The second kappa shape index (κ2) is 4.26. The minimum atomic E-state index is -0.462. The van der Waals surface area contributed by atoms with Gasteiger partial charge in [-0.3, -0.25) is 5.32 Å². The third-order valence-electron chi connectivity index (χ3n) is 2.75. The highest BCUT2D eigenvalue weighted by molar-refractivity contribution is 7.99. The second-order valence-electron chi connectivity index (χ2n) is 3.64. The van der Waals surface area contributed by atoms with Gasteiger partial charge in [-0.15, -0.1) is 11.8 Å². The molecule has 1 aliphatic heterocycles. The van der Waals surface area contributed by atoms with Crippen LogP contribution in [0.1, 0.15) is 18.9 Å². The van der Waals surface area contributed by atoms with Gasteiger partial charge in [-0.25, -0.2) is 0 Å². The van der Waals surface area contributed by atoms with Crippen LogP contribution in [0.4, 0.5) is 0 Å². The minimum Gasteiger partial charge on any atom is -0.296 e. The lowest BCUT2D eigenvalue weighted by atomic mass is 9.88. The molecule has 1 N–H and O–H groups in total. The van der Waals surface area contributed by atoms with Crippen molar-refractivity contribution in [1.82, 2.24) is 5.32 Å². The molecule has 0 radical (unpaired) electrons. The van der Waals surface area contributed by atoms with Crippen molar-refractivity contribution >= 4 is 11.8 Å². The summed E-state index contributed by atoms with van der Waals surface area (Å²) >= 11 is 1.84. The summed E-state index contributed by atoms with van der Waals surface area (Å²) in [6.07, 6.45) is 0.888. The number of nitrogens with one attached hydrogen (secondary N) is 1. The van der Waals surface area contributed by atoms with Gasteiger partial charge in [-0.1, -0.05) is 25.1 Å². The van der Waals surface area contributed by atoms with Crippen molar-refractivity contribution in [3.8, 4) is 6.07 Å². The fourth-order valence-electron chi connectivity index (χ4n) is 2.03. The van der Waals surface area contributed by atoms with E-state index in [0.717, 1.165) is 24.3 Å². The zero-order chi connectivity index (χ0) is 10.7. The highest BCUT2D eigenvalue weighted by Crippen LogP contribution is 2.39. The van der Waals surface area contributed by atoms with E-state index in [4.69, 9.17) is 0 Å². The topological polar surface area (TPSA) is 35.8 Å². The first-order valence-electron chi connectivity index (χ1n) is 5.21. The van der Waals surface area contributed by atoms with Crippen molar-refractivity contribution in [3.63, 3.8) is 0 Å². The zero-order valence-corrected chi connectivity index (χ0v) is 9.60. The first-order valence-corrected chi connectivity index (χ1v) is 6.19. The fraction of sp³-hybridized carbons (Fsp3) is 0.417. The molecule has 0 saturated carbocycles. The van der Waals surface area contributed by atoms with Crippen LogP contribution in [0, 0.1) is 11.3 Å². The summed E-state index contributed by atoms with van der Waals surface area (Å²) in [5, 5.41) is 12.7. The van der Waals surface area contributed by atoms with Crippen molar-refractivity contribution in [2.45, 2.75) is 23.8 Å². The lowest BCUT2D eigenvalue weighted by molar-refractivity contribution is 0.417. The Hall–Kier alpha value is -0.980. The van der Waals surface area contributed by atoms with Gasteiger partial charge >= 0.3 is 0 Å². The minimum absolute atomic E-state index is 0.462. The molecule has 1 unspecified atom stereocenters. The largest absolute Gasteiger partial charge is 0.296 e. The molecule has 2 nitrogen and oxygen atoms in total. The van der Waals surface area contributed by atoms with E-state index >= 15 is 0 Å². The quantitative estimate of drug-likeness (QED) is 0.828. The monoisotopic (exact) mass is 218 g/mol. The fourth-order valence-corrected chi connectivity index (χ4v) is 3.24. The zero-order valence-electron chi connectivity index (χ0n) is 8.79. The summed E-state index contributed by atoms with van der Waals surface area (Å²) in [5.41, 5.74) is 0.682. The van der Waals surface area contributed by atoms with Gasteiger partial charge in [0.1, 0.15) is 5.54 Å². The summed E-state index contributed by atoms with van der Waals surface area (Å²) in [7, 11) is 0. The van der Waals surface area contributed by atoms with Crippen LogP contribution in [0.15, 0.2) is 29.2 Å². The summed E-state index contributed by atoms with van der Waals surface area (Å²) in [6, 6.07) is 10.7. The predicted molar refractivity (Wildman–Crippen MR) is 62.8 cm³/mol. The maximum atomic E-state index is 9.40. The van der Waals surface area contributed by atoms with Gasteiger partial charge in [0.2, 0.25) is 0 Å². The summed E-state index contributed by atoms with van der Waals surface area (Å²) in [6.45, 7) is 2.87. The smallest absolute Gasteiger partial charge is 0.134 e. The van der Waals surface area contributed by atoms with Gasteiger partial charge in [0.15, 0.2) is 0 Å². The molecule has 2 rings (SSSR count). The molecule has 0 bridgehead atoms. The van der Waals surface area contributed by atoms with Crippen LogP contribution in [0.5, 0.6) is 0 Å². The Kier molecular flexibility index (Phi) is 2.99. The Balaban J connectivity index is 2.48. The molecule has 0 saturated heterocycles. The van der Waals surface area contributed by atoms with E-state index < -0.39 is 5.54 Å². The van der Waals surface area contributed by atoms with E-state index in [-0.39, 0.29) is 0 Å². The summed E-state index contributed by atoms with van der Waals surface area (Å²) in [5.74, 6) is 1.01. The van der Waals surface area contributed by atoms with Crippen LogP contribution >= 0.6 is 11.8 Å². The Morgan fingerprint density at radius 2 is 2.33 bits per heavy atom. The molecular weight excluding hydrogens is 204 g/mol. The SMILES string of the molecule is CCNC1(C#N)CCSc2ccccc21. The normalized spacial score (nSPS) is 24.3. The van der Waals surface area contributed by atoms with Crippen LogP contribution in [-0.4, -0.2) is 12.3 Å². The molecule has 1 atom stereocenters. The van der Waals surface area contributed by atoms with E-state index in [1.54, 1.807) is 0 Å². The average Bonchev–Trinajstić information content (AvgIpc) is 2.30. The van der Waals surface area contributed by atoms with Gasteiger partial charge < -0.3 is 0 Å². The summed E-state index contributed by atoms with van der Waals surface area (Å²) in [4.78, 5) is 1.24. The lowest BCUT2D eigenvalue weighted by Gasteiger charge is -2.33. The van der Waals surface area contributed by atoms with Gasteiger partial charge in [-0.2, -0.15) is 5.26 Å². The number of thioether (sulfide) groups is 1. The van der Waals surface area contributed by atoms with Crippen LogP contribution < -0.4 is 5.32 Å². The van der Waals surface area contributed by atoms with Crippen molar-refractivity contribution in [3.05, 3.63) is 29.8 Å². The van der Waals surface area contributed by atoms with Crippen molar-refractivity contribution in [2.24, 2.45) is 0 Å². The van der Waals surface area contributed by atoms with Crippen molar-refractivity contribution in [2.75, 3.05) is 12.3 Å². The van der Waals surface area contributed by atoms with Gasteiger partial charge in [0, 0.05) is 10.6 Å². The number of rotatable bonds is 2. The maximum Gasteiger partial charge on any atom is 0.134 e. The summed E-state index contributed by atoms with van der Waals surface area (Å²) < 4.78 is 0. The molecule has 1 aromatic rings. The molecule has 0 aromatic heterocycles. The number of fused-ring (bicyclic) bond motifs is 1. The molecule has 0 fully saturated rings. The highest BCUT2D eigenvalue weighted by atomic mass is 32.2. The number of hydrogen-bond donors (Lipinski definition) is 1. The molecule has 78 valence electrons. The van der Waals surface area contributed by atoms with Crippen LogP contribution in [0.3, 0.4) is 0 Å². The van der Waals surface area contributed by atoms with Gasteiger partial charge in [0.05, 0.1) is 6.07 Å². The molecule has 1 aliphatic rings. The average molecular weight is 218 g/mol. The van der Waals surface area contributed by atoms with E-state index in [0.29, 0.717) is 0 Å². The number of benzene rings is 1. The second-order valence-corrected chi connectivity index (χ2v) is 4.78. The first-order chi connectivity index (χ1) is 7.32. The molecule has 0 spiro atoms. The Morgan fingerprint density at radius 1 is 1.53 bits per heavy atom. The van der Waals surface area contributed by atoms with Crippen LogP contribution in [0.2, 0.25) is 0 Å². The Labute approximate surface area is 94.7 Å². The van der Waals surface area contributed by atoms with Gasteiger partial charge in [-0.05, 0) is 24.6 Å². The molecule has 1 aromatic carbocycles. The number of nitrogens with zero attached hydrogens (tertiary/aromatic N) is 1. The van der Waals surface area contributed by atoms with Crippen molar-refractivity contribution in [1.29, 1.82) is 5.26 Å². The van der Waals surface area contributed by atoms with Crippen LogP contribution in [0.25, 0.3) is 0 Å². The lowest BCUT2D eigenvalue weighted by Crippen LogP contribution is -2.43. The maximum absolute atomic E-state index is 9.40. The number of hydrogen-bond acceptors (Lipinski definition) is 3. The number of nitriles is 1. The molecule has 15 heavy (non-hydrogen) atoms. The molecule has 0 aliphatic carbocycles. The van der Waals surface area contributed by atoms with Crippen molar-refractivity contribution < 1.29 is 0 Å². The Bertz CT molecular complexity index is 397. The van der Waals surface area contributed by atoms with E-state index in [1.807, 2.05) is 30.8 Å². The molecule has 0 amide bonds. The third kappa shape index (κ3) is 1.75. The molecule has 3 heteroatoms. The standard InChI is InChI=1S/C12H14N2S/c1-2-14-12(9-13)7-8-15-11-6-4-3-5-10(11)12/h3-6,14H,2,7-8H2,1H3.